The Hall–Kier alpha value is -2.37. The van der Waals surface area contributed by atoms with E-state index in [9.17, 15) is 9.59 Å². The molecule has 2 atom stereocenters. The SMILES string of the molecule is O=C(c1ccn2ccnc2c1)N1CC[C@H]2[C@@H](CCC(=O)N2C2CC2)C1. The molecule has 0 bridgehead atoms. The molecular weight excluding hydrogens is 316 g/mol. The average Bonchev–Trinajstić information content (AvgIpc) is 3.36. The highest BCUT2D eigenvalue weighted by atomic mass is 16.2. The Kier molecular flexibility index (Phi) is 3.33. The van der Waals surface area contributed by atoms with Crippen LogP contribution in [0, 0.1) is 5.92 Å². The first-order valence-electron chi connectivity index (χ1n) is 9.24. The molecule has 0 aromatic carbocycles. The summed E-state index contributed by atoms with van der Waals surface area (Å²) in [6.45, 7) is 1.50. The highest BCUT2D eigenvalue weighted by molar-refractivity contribution is 5.95. The van der Waals surface area contributed by atoms with E-state index < -0.39 is 0 Å². The topological polar surface area (TPSA) is 57.9 Å². The molecule has 6 nitrogen and oxygen atoms in total. The van der Waals surface area contributed by atoms with Crippen LogP contribution in [0.5, 0.6) is 0 Å². The number of imidazole rings is 1. The first kappa shape index (κ1) is 14.9. The van der Waals surface area contributed by atoms with Crippen LogP contribution >= 0.6 is 0 Å². The lowest BCUT2D eigenvalue weighted by Crippen LogP contribution is -2.57. The largest absolute Gasteiger partial charge is 0.338 e. The Balaban J connectivity index is 1.34. The number of hydrogen-bond donors (Lipinski definition) is 0. The van der Waals surface area contributed by atoms with Gasteiger partial charge in [-0.3, -0.25) is 9.59 Å². The van der Waals surface area contributed by atoms with Gasteiger partial charge in [0.05, 0.1) is 0 Å². The summed E-state index contributed by atoms with van der Waals surface area (Å²) in [6, 6.07) is 4.54. The van der Waals surface area contributed by atoms with E-state index >= 15 is 0 Å². The third kappa shape index (κ3) is 2.51. The summed E-state index contributed by atoms with van der Waals surface area (Å²) in [4.78, 5) is 33.6. The first-order valence-corrected chi connectivity index (χ1v) is 9.24. The lowest BCUT2D eigenvalue weighted by Gasteiger charge is -2.47. The zero-order valence-electron chi connectivity index (χ0n) is 14.2. The lowest BCUT2D eigenvalue weighted by molar-refractivity contribution is -0.141. The quantitative estimate of drug-likeness (QED) is 0.841. The molecule has 0 spiro atoms. The molecule has 5 rings (SSSR count). The summed E-state index contributed by atoms with van der Waals surface area (Å²) in [5, 5.41) is 0. The Morgan fingerprint density at radius 1 is 1.16 bits per heavy atom. The van der Waals surface area contributed by atoms with Crippen molar-refractivity contribution in [2.75, 3.05) is 13.1 Å². The molecule has 4 heterocycles. The average molecular weight is 338 g/mol. The number of hydrogen-bond acceptors (Lipinski definition) is 3. The zero-order valence-corrected chi connectivity index (χ0v) is 14.2. The van der Waals surface area contributed by atoms with Gasteiger partial charge in [-0.2, -0.15) is 0 Å². The Morgan fingerprint density at radius 3 is 2.88 bits per heavy atom. The van der Waals surface area contributed by atoms with Gasteiger partial charge in [0.25, 0.3) is 5.91 Å². The molecule has 6 heteroatoms. The van der Waals surface area contributed by atoms with Crippen molar-refractivity contribution in [3.8, 4) is 0 Å². The second kappa shape index (κ2) is 5.58. The Bertz CT molecular complexity index is 841. The van der Waals surface area contributed by atoms with Gasteiger partial charge < -0.3 is 14.2 Å². The Morgan fingerprint density at radius 2 is 2.04 bits per heavy atom. The van der Waals surface area contributed by atoms with E-state index in [4.69, 9.17) is 0 Å². The number of aromatic nitrogens is 2. The van der Waals surface area contributed by atoms with Gasteiger partial charge >= 0.3 is 0 Å². The summed E-state index contributed by atoms with van der Waals surface area (Å²) < 4.78 is 1.91. The minimum atomic E-state index is 0.0822. The number of nitrogens with zero attached hydrogens (tertiary/aromatic N) is 4. The van der Waals surface area contributed by atoms with Crippen LogP contribution in [-0.4, -0.2) is 56.2 Å². The van der Waals surface area contributed by atoms with Gasteiger partial charge in [-0.25, -0.2) is 4.98 Å². The number of likely N-dealkylation sites (tertiary alicyclic amines) is 2. The van der Waals surface area contributed by atoms with Crippen molar-refractivity contribution in [3.05, 3.63) is 36.3 Å². The minimum absolute atomic E-state index is 0.0822. The number of carbonyl (C=O) groups excluding carboxylic acids is 2. The number of pyridine rings is 1. The molecular formula is C19H22N4O2. The molecule has 0 unspecified atom stereocenters. The molecule has 3 fully saturated rings. The van der Waals surface area contributed by atoms with Crippen molar-refractivity contribution in [2.45, 2.75) is 44.2 Å². The normalized spacial score (nSPS) is 26.8. The number of carbonyl (C=O) groups is 2. The van der Waals surface area contributed by atoms with Crippen LogP contribution in [0.25, 0.3) is 5.65 Å². The van der Waals surface area contributed by atoms with Crippen LogP contribution in [0.3, 0.4) is 0 Å². The molecule has 2 aliphatic heterocycles. The van der Waals surface area contributed by atoms with Gasteiger partial charge in [0.1, 0.15) is 5.65 Å². The van der Waals surface area contributed by atoms with Crippen LogP contribution in [0.2, 0.25) is 0 Å². The van der Waals surface area contributed by atoms with Crippen molar-refractivity contribution >= 4 is 17.5 Å². The lowest BCUT2D eigenvalue weighted by atomic mass is 9.83. The van der Waals surface area contributed by atoms with Crippen molar-refractivity contribution in [1.29, 1.82) is 0 Å². The van der Waals surface area contributed by atoms with E-state index in [2.05, 4.69) is 9.88 Å². The standard InChI is InChI=1S/C19H22N4O2/c24-18-4-1-14-12-22(9-6-16(14)23(18)15-2-3-15)19(25)13-5-8-21-10-7-20-17(21)11-13/h5,7-8,10-11,14-16H,1-4,6,9,12H2/t14-,16-/m0/s1. The minimum Gasteiger partial charge on any atom is -0.338 e. The second-order valence-electron chi connectivity index (χ2n) is 7.55. The highest BCUT2D eigenvalue weighted by Gasteiger charge is 2.45. The predicted molar refractivity (Wildman–Crippen MR) is 92.1 cm³/mol. The van der Waals surface area contributed by atoms with Crippen LogP contribution < -0.4 is 0 Å². The van der Waals surface area contributed by atoms with E-state index in [1.165, 1.54) is 0 Å². The van der Waals surface area contributed by atoms with Crippen LogP contribution in [-0.2, 0) is 4.79 Å². The third-order valence-corrected chi connectivity index (χ3v) is 5.94. The van der Waals surface area contributed by atoms with Crippen molar-refractivity contribution in [1.82, 2.24) is 19.2 Å². The number of piperidine rings is 2. The van der Waals surface area contributed by atoms with Crippen LogP contribution in [0.1, 0.15) is 42.5 Å². The van der Waals surface area contributed by atoms with Gasteiger partial charge in [-0.1, -0.05) is 0 Å². The van der Waals surface area contributed by atoms with Crippen molar-refractivity contribution in [3.63, 3.8) is 0 Å². The fraction of sp³-hybridized carbons (Fsp3) is 0.526. The van der Waals surface area contributed by atoms with E-state index in [0.29, 0.717) is 35.9 Å². The van der Waals surface area contributed by atoms with Crippen LogP contribution in [0.4, 0.5) is 0 Å². The van der Waals surface area contributed by atoms with Crippen molar-refractivity contribution in [2.24, 2.45) is 5.92 Å². The van der Waals surface area contributed by atoms with E-state index in [1.807, 2.05) is 33.8 Å². The van der Waals surface area contributed by atoms with Crippen LogP contribution in [0.15, 0.2) is 30.7 Å². The fourth-order valence-electron chi connectivity index (χ4n) is 4.53. The summed E-state index contributed by atoms with van der Waals surface area (Å²) in [5.74, 6) is 0.832. The van der Waals surface area contributed by atoms with Gasteiger partial charge in [0.2, 0.25) is 5.91 Å². The molecule has 130 valence electrons. The fourth-order valence-corrected chi connectivity index (χ4v) is 4.53. The zero-order chi connectivity index (χ0) is 17.0. The van der Waals surface area contributed by atoms with Gasteiger partial charge in [0, 0.05) is 55.7 Å². The molecule has 2 saturated heterocycles. The summed E-state index contributed by atoms with van der Waals surface area (Å²) in [6.07, 6.45) is 10.3. The molecule has 3 aliphatic rings. The first-order chi connectivity index (χ1) is 12.2. The van der Waals surface area contributed by atoms with E-state index in [0.717, 1.165) is 44.4 Å². The summed E-state index contributed by atoms with van der Waals surface area (Å²) in [7, 11) is 0. The van der Waals surface area contributed by atoms with Gasteiger partial charge in [-0.05, 0) is 43.7 Å². The van der Waals surface area contributed by atoms with Gasteiger partial charge in [-0.15, -0.1) is 0 Å². The molecule has 2 amide bonds. The van der Waals surface area contributed by atoms with Gasteiger partial charge in [0.15, 0.2) is 0 Å². The number of rotatable bonds is 2. The van der Waals surface area contributed by atoms with E-state index in [-0.39, 0.29) is 5.91 Å². The maximum Gasteiger partial charge on any atom is 0.254 e. The maximum absolute atomic E-state index is 12.9. The monoisotopic (exact) mass is 338 g/mol. The molecule has 0 radical (unpaired) electrons. The molecule has 25 heavy (non-hydrogen) atoms. The maximum atomic E-state index is 12.9. The Labute approximate surface area is 146 Å². The predicted octanol–water partition coefficient (Wildman–Crippen LogP) is 1.95. The van der Waals surface area contributed by atoms with E-state index in [1.54, 1.807) is 6.20 Å². The molecule has 1 aliphatic carbocycles. The van der Waals surface area contributed by atoms with Crippen molar-refractivity contribution < 1.29 is 9.59 Å². The molecule has 2 aromatic heterocycles. The second-order valence-corrected chi connectivity index (χ2v) is 7.55. The highest BCUT2D eigenvalue weighted by Crippen LogP contribution is 2.39. The number of amides is 2. The smallest absolute Gasteiger partial charge is 0.254 e. The molecule has 2 aromatic rings. The summed E-state index contributed by atoms with van der Waals surface area (Å²) >= 11 is 0. The molecule has 1 saturated carbocycles. The molecule has 0 N–H and O–H groups in total. The third-order valence-electron chi connectivity index (χ3n) is 5.94. The number of fused-ring (bicyclic) bond motifs is 2. The summed E-state index contributed by atoms with van der Waals surface area (Å²) in [5.41, 5.74) is 1.49.